The molecule has 110 valence electrons. The van der Waals surface area contributed by atoms with Crippen LogP contribution in [-0.2, 0) is 9.53 Å². The average molecular weight is 268 g/mol. The van der Waals surface area contributed by atoms with Crippen LogP contribution in [0.2, 0.25) is 0 Å². The van der Waals surface area contributed by atoms with Gasteiger partial charge in [0.15, 0.2) is 0 Å². The van der Waals surface area contributed by atoms with Gasteiger partial charge in [-0.05, 0) is 50.6 Å². The second kappa shape index (κ2) is 6.23. The van der Waals surface area contributed by atoms with Crippen LogP contribution < -0.4 is 5.32 Å². The Morgan fingerprint density at radius 1 is 1.32 bits per heavy atom. The zero-order valence-electron chi connectivity index (χ0n) is 12.6. The van der Waals surface area contributed by atoms with Crippen LogP contribution in [0.25, 0.3) is 0 Å². The molecule has 2 aliphatic rings. The summed E-state index contributed by atoms with van der Waals surface area (Å²) < 4.78 is 5.11. The summed E-state index contributed by atoms with van der Waals surface area (Å²) in [5.41, 5.74) is -0.478. The standard InChI is InChI=1S/C15H28N2O2/c1-4-16-15(13-8-9-13,14(18)19-3)11-17(5-2)10-12-6-7-12/h12-13,16H,4-11H2,1-3H3. The summed E-state index contributed by atoms with van der Waals surface area (Å²) >= 11 is 0. The Labute approximate surface area is 116 Å². The highest BCUT2D eigenvalue weighted by molar-refractivity contribution is 5.82. The fourth-order valence-electron chi connectivity index (χ4n) is 3.03. The summed E-state index contributed by atoms with van der Waals surface area (Å²) in [6.45, 7) is 8.00. The molecule has 2 aliphatic carbocycles. The van der Waals surface area contributed by atoms with Gasteiger partial charge in [-0.2, -0.15) is 0 Å². The summed E-state index contributed by atoms with van der Waals surface area (Å²) in [6, 6.07) is 0. The highest BCUT2D eigenvalue weighted by atomic mass is 16.5. The number of ether oxygens (including phenoxy) is 1. The van der Waals surface area contributed by atoms with E-state index >= 15 is 0 Å². The van der Waals surface area contributed by atoms with E-state index in [1.54, 1.807) is 0 Å². The molecule has 0 aromatic rings. The highest BCUT2D eigenvalue weighted by Crippen LogP contribution is 2.41. The van der Waals surface area contributed by atoms with E-state index in [1.165, 1.54) is 20.0 Å². The molecule has 0 aromatic heterocycles. The van der Waals surface area contributed by atoms with Crippen molar-refractivity contribution in [3.63, 3.8) is 0 Å². The van der Waals surface area contributed by atoms with E-state index in [0.717, 1.165) is 44.9 Å². The molecule has 0 bridgehead atoms. The van der Waals surface area contributed by atoms with E-state index in [2.05, 4.69) is 24.1 Å². The lowest BCUT2D eigenvalue weighted by Crippen LogP contribution is -2.61. The van der Waals surface area contributed by atoms with Gasteiger partial charge in [0.1, 0.15) is 5.54 Å². The quantitative estimate of drug-likeness (QED) is 0.646. The molecule has 19 heavy (non-hydrogen) atoms. The number of likely N-dealkylation sites (N-methyl/N-ethyl adjacent to an activating group) is 2. The van der Waals surface area contributed by atoms with Crippen molar-refractivity contribution >= 4 is 5.97 Å². The number of carbonyl (C=O) groups is 1. The third-order valence-corrected chi connectivity index (χ3v) is 4.45. The van der Waals surface area contributed by atoms with Crippen LogP contribution in [0.5, 0.6) is 0 Å². The van der Waals surface area contributed by atoms with Crippen molar-refractivity contribution in [2.75, 3.05) is 33.3 Å². The van der Waals surface area contributed by atoms with Crippen molar-refractivity contribution in [2.45, 2.75) is 45.1 Å². The summed E-state index contributed by atoms with van der Waals surface area (Å²) in [7, 11) is 1.51. The Balaban J connectivity index is 2.07. The van der Waals surface area contributed by atoms with Crippen LogP contribution in [-0.4, -0.2) is 49.7 Å². The lowest BCUT2D eigenvalue weighted by atomic mass is 9.92. The first-order valence-electron chi connectivity index (χ1n) is 7.72. The van der Waals surface area contributed by atoms with Gasteiger partial charge in [0.05, 0.1) is 7.11 Å². The maximum absolute atomic E-state index is 12.3. The Kier molecular flexibility index (Phi) is 4.85. The van der Waals surface area contributed by atoms with E-state index in [4.69, 9.17) is 4.74 Å². The maximum Gasteiger partial charge on any atom is 0.327 e. The molecule has 4 nitrogen and oxygen atoms in total. The minimum absolute atomic E-state index is 0.0777. The Hall–Kier alpha value is -0.610. The fourth-order valence-corrected chi connectivity index (χ4v) is 3.03. The van der Waals surface area contributed by atoms with Crippen LogP contribution in [0.4, 0.5) is 0 Å². The van der Waals surface area contributed by atoms with Gasteiger partial charge in [-0.25, -0.2) is 4.79 Å². The van der Waals surface area contributed by atoms with Crippen LogP contribution in [0, 0.1) is 11.8 Å². The Bertz CT molecular complexity index is 313. The van der Waals surface area contributed by atoms with Gasteiger partial charge in [0.2, 0.25) is 0 Å². The number of esters is 1. The van der Waals surface area contributed by atoms with Gasteiger partial charge in [-0.15, -0.1) is 0 Å². The molecule has 1 N–H and O–H groups in total. The second-order valence-electron chi connectivity index (χ2n) is 6.04. The minimum Gasteiger partial charge on any atom is -0.468 e. The first-order valence-corrected chi connectivity index (χ1v) is 7.72. The zero-order valence-corrected chi connectivity index (χ0v) is 12.6. The van der Waals surface area contributed by atoms with E-state index in [9.17, 15) is 4.79 Å². The maximum atomic E-state index is 12.3. The SMILES string of the molecule is CCNC(CN(CC)CC1CC1)(C(=O)OC)C1CC1. The monoisotopic (exact) mass is 268 g/mol. The van der Waals surface area contributed by atoms with Crippen LogP contribution >= 0.6 is 0 Å². The van der Waals surface area contributed by atoms with Crippen molar-refractivity contribution in [1.29, 1.82) is 0 Å². The molecule has 0 saturated heterocycles. The molecule has 1 atom stereocenters. The largest absolute Gasteiger partial charge is 0.468 e. The van der Waals surface area contributed by atoms with Crippen molar-refractivity contribution in [2.24, 2.45) is 11.8 Å². The summed E-state index contributed by atoms with van der Waals surface area (Å²) in [4.78, 5) is 14.8. The number of methoxy groups -OCH3 is 1. The predicted molar refractivity (Wildman–Crippen MR) is 76.0 cm³/mol. The van der Waals surface area contributed by atoms with Gasteiger partial charge in [0.25, 0.3) is 0 Å². The number of nitrogens with one attached hydrogen (secondary N) is 1. The minimum atomic E-state index is -0.478. The Morgan fingerprint density at radius 2 is 2.00 bits per heavy atom. The lowest BCUT2D eigenvalue weighted by molar-refractivity contribution is -0.150. The highest BCUT2D eigenvalue weighted by Gasteiger charge is 2.52. The number of nitrogens with zero attached hydrogens (tertiary/aromatic N) is 1. The topological polar surface area (TPSA) is 41.6 Å². The fraction of sp³-hybridized carbons (Fsp3) is 0.933. The van der Waals surface area contributed by atoms with Gasteiger partial charge in [-0.1, -0.05) is 13.8 Å². The van der Waals surface area contributed by atoms with Crippen LogP contribution in [0.3, 0.4) is 0 Å². The summed E-state index contributed by atoms with van der Waals surface area (Å²) in [5.74, 6) is 1.23. The number of carbonyl (C=O) groups excluding carboxylic acids is 1. The van der Waals surface area contributed by atoms with E-state index in [1.807, 2.05) is 0 Å². The second-order valence-corrected chi connectivity index (χ2v) is 6.04. The normalized spacial score (nSPS) is 22.3. The van der Waals surface area contributed by atoms with E-state index in [0.29, 0.717) is 5.92 Å². The molecule has 0 radical (unpaired) electrons. The molecule has 0 aliphatic heterocycles. The van der Waals surface area contributed by atoms with Gasteiger partial charge >= 0.3 is 5.97 Å². The molecule has 0 aromatic carbocycles. The summed E-state index contributed by atoms with van der Waals surface area (Å²) in [6.07, 6.45) is 4.99. The number of hydrogen-bond donors (Lipinski definition) is 1. The van der Waals surface area contributed by atoms with Crippen molar-refractivity contribution in [3.8, 4) is 0 Å². The van der Waals surface area contributed by atoms with Crippen LogP contribution in [0.1, 0.15) is 39.5 Å². The van der Waals surface area contributed by atoms with Gasteiger partial charge in [-0.3, -0.25) is 0 Å². The molecular formula is C15H28N2O2. The van der Waals surface area contributed by atoms with Gasteiger partial charge < -0.3 is 15.0 Å². The number of hydrogen-bond acceptors (Lipinski definition) is 4. The van der Waals surface area contributed by atoms with Crippen molar-refractivity contribution < 1.29 is 9.53 Å². The average Bonchev–Trinajstić information content (AvgIpc) is 3.28. The third kappa shape index (κ3) is 3.48. The van der Waals surface area contributed by atoms with Crippen molar-refractivity contribution in [1.82, 2.24) is 10.2 Å². The molecular weight excluding hydrogens is 240 g/mol. The van der Waals surface area contributed by atoms with Crippen LogP contribution in [0.15, 0.2) is 0 Å². The smallest absolute Gasteiger partial charge is 0.327 e. The lowest BCUT2D eigenvalue weighted by Gasteiger charge is -2.37. The molecule has 2 saturated carbocycles. The molecule has 2 rings (SSSR count). The molecule has 0 spiro atoms. The molecule has 4 heteroatoms. The van der Waals surface area contributed by atoms with E-state index < -0.39 is 5.54 Å². The van der Waals surface area contributed by atoms with Gasteiger partial charge in [0, 0.05) is 13.1 Å². The Morgan fingerprint density at radius 3 is 2.42 bits per heavy atom. The molecule has 0 amide bonds. The van der Waals surface area contributed by atoms with Crippen molar-refractivity contribution in [3.05, 3.63) is 0 Å². The third-order valence-electron chi connectivity index (χ3n) is 4.45. The summed E-state index contributed by atoms with van der Waals surface area (Å²) in [5, 5.41) is 3.45. The first-order chi connectivity index (χ1) is 9.16. The van der Waals surface area contributed by atoms with E-state index in [-0.39, 0.29) is 5.97 Å². The first kappa shape index (κ1) is 14.8. The number of rotatable bonds is 9. The predicted octanol–water partition coefficient (Wildman–Crippen LogP) is 1.65. The molecule has 1 unspecified atom stereocenters. The molecule has 2 fully saturated rings. The molecule has 0 heterocycles. The zero-order chi connectivity index (χ0) is 13.9.